The Labute approximate surface area is 149 Å². The highest BCUT2D eigenvalue weighted by atomic mass is 16.5. The maximum absolute atomic E-state index is 10.6. The molecule has 1 aromatic heterocycles. The fourth-order valence-electron chi connectivity index (χ4n) is 3.27. The molecule has 1 saturated heterocycles. The predicted octanol–water partition coefficient (Wildman–Crippen LogP) is 2.26. The average Bonchev–Trinajstić information content (AvgIpc) is 3.03. The van der Waals surface area contributed by atoms with Crippen LogP contribution in [0.3, 0.4) is 0 Å². The van der Waals surface area contributed by atoms with E-state index in [0.717, 1.165) is 37.6 Å². The number of nitrogens with zero attached hydrogens (tertiary/aromatic N) is 4. The molecule has 0 bridgehead atoms. The van der Waals surface area contributed by atoms with Crippen molar-refractivity contribution in [2.24, 2.45) is 5.92 Å². The Hall–Kier alpha value is -1.76. The van der Waals surface area contributed by atoms with Crippen molar-refractivity contribution in [3.8, 4) is 0 Å². The lowest BCUT2D eigenvalue weighted by molar-refractivity contribution is -0.0315. The van der Waals surface area contributed by atoms with Crippen molar-refractivity contribution in [1.29, 1.82) is 0 Å². The molecule has 3 rings (SSSR count). The van der Waals surface area contributed by atoms with Crippen LogP contribution in [0.5, 0.6) is 0 Å². The van der Waals surface area contributed by atoms with Gasteiger partial charge in [0.2, 0.25) is 0 Å². The first-order chi connectivity index (χ1) is 12.1. The van der Waals surface area contributed by atoms with E-state index in [2.05, 4.69) is 28.8 Å². The molecule has 2 atom stereocenters. The van der Waals surface area contributed by atoms with Crippen LogP contribution in [0.4, 0.5) is 0 Å². The predicted molar refractivity (Wildman–Crippen MR) is 95.9 cm³/mol. The monoisotopic (exact) mass is 344 g/mol. The fourth-order valence-corrected chi connectivity index (χ4v) is 3.27. The van der Waals surface area contributed by atoms with Crippen LogP contribution in [0, 0.1) is 5.92 Å². The van der Waals surface area contributed by atoms with E-state index in [1.165, 1.54) is 0 Å². The van der Waals surface area contributed by atoms with Crippen LogP contribution in [0.1, 0.15) is 37.8 Å². The van der Waals surface area contributed by atoms with Gasteiger partial charge in [-0.15, -0.1) is 0 Å². The van der Waals surface area contributed by atoms with Gasteiger partial charge in [-0.05, 0) is 17.9 Å². The first-order valence-electron chi connectivity index (χ1n) is 9.05. The normalized spacial score (nSPS) is 20.1. The zero-order chi connectivity index (χ0) is 17.6. The molecule has 1 aromatic carbocycles. The van der Waals surface area contributed by atoms with E-state index in [-0.39, 0.29) is 6.04 Å². The standard InChI is InChI=1S/C19H28N4O2/c1-15(2)11-23-19(20-14-21-23)12-22-8-9-25-13-17(22)10-18(24)16-6-4-3-5-7-16/h3-7,14-15,17-18,24H,8-13H2,1-2H3. The lowest BCUT2D eigenvalue weighted by atomic mass is 10.0. The zero-order valence-corrected chi connectivity index (χ0v) is 15.1. The van der Waals surface area contributed by atoms with Crippen LogP contribution in [0.2, 0.25) is 0 Å². The molecule has 25 heavy (non-hydrogen) atoms. The fraction of sp³-hybridized carbons (Fsp3) is 0.579. The molecule has 6 heteroatoms. The number of aromatic nitrogens is 3. The molecular weight excluding hydrogens is 316 g/mol. The molecule has 2 heterocycles. The second kappa shape index (κ2) is 8.56. The third-order valence-electron chi connectivity index (χ3n) is 4.61. The molecule has 2 aromatic rings. The molecule has 0 aliphatic carbocycles. The van der Waals surface area contributed by atoms with Gasteiger partial charge in [0.25, 0.3) is 0 Å². The molecule has 1 aliphatic rings. The molecule has 1 N–H and O–H groups in total. The van der Waals surface area contributed by atoms with Gasteiger partial charge < -0.3 is 9.84 Å². The largest absolute Gasteiger partial charge is 0.388 e. The van der Waals surface area contributed by atoms with Gasteiger partial charge in [0.15, 0.2) is 0 Å². The summed E-state index contributed by atoms with van der Waals surface area (Å²) in [6.07, 6.45) is 1.80. The van der Waals surface area contributed by atoms with Crippen LogP contribution in [0.15, 0.2) is 36.7 Å². The van der Waals surface area contributed by atoms with Crippen molar-refractivity contribution in [2.75, 3.05) is 19.8 Å². The minimum Gasteiger partial charge on any atom is -0.388 e. The first-order valence-corrected chi connectivity index (χ1v) is 9.05. The van der Waals surface area contributed by atoms with E-state index < -0.39 is 6.10 Å². The highest BCUT2D eigenvalue weighted by Gasteiger charge is 2.27. The number of aliphatic hydroxyl groups is 1. The van der Waals surface area contributed by atoms with Gasteiger partial charge in [-0.2, -0.15) is 5.10 Å². The summed E-state index contributed by atoms with van der Waals surface area (Å²) in [6, 6.07) is 10.0. The number of aliphatic hydroxyl groups excluding tert-OH is 1. The molecule has 0 spiro atoms. The topological polar surface area (TPSA) is 63.4 Å². The lowest BCUT2D eigenvalue weighted by Gasteiger charge is -2.36. The van der Waals surface area contributed by atoms with Gasteiger partial charge in [-0.25, -0.2) is 9.67 Å². The second-order valence-electron chi connectivity index (χ2n) is 7.11. The Morgan fingerprint density at radius 3 is 2.84 bits per heavy atom. The SMILES string of the molecule is CC(C)Cn1ncnc1CN1CCOCC1CC(O)c1ccccc1. The summed E-state index contributed by atoms with van der Waals surface area (Å²) in [5, 5.41) is 14.9. The Morgan fingerprint density at radius 1 is 1.28 bits per heavy atom. The summed E-state index contributed by atoms with van der Waals surface area (Å²) in [7, 11) is 0. The molecule has 1 fully saturated rings. The van der Waals surface area contributed by atoms with Gasteiger partial charge in [0.05, 0.1) is 25.9 Å². The summed E-state index contributed by atoms with van der Waals surface area (Å²) in [6.45, 7) is 8.18. The molecular formula is C19H28N4O2. The number of hydrogen-bond donors (Lipinski definition) is 1. The third-order valence-corrected chi connectivity index (χ3v) is 4.61. The zero-order valence-electron chi connectivity index (χ0n) is 15.1. The summed E-state index contributed by atoms with van der Waals surface area (Å²) >= 11 is 0. The van der Waals surface area contributed by atoms with Crippen molar-refractivity contribution in [3.63, 3.8) is 0 Å². The summed E-state index contributed by atoms with van der Waals surface area (Å²) < 4.78 is 7.66. The Morgan fingerprint density at radius 2 is 2.08 bits per heavy atom. The number of benzene rings is 1. The number of morpholine rings is 1. The quantitative estimate of drug-likeness (QED) is 0.835. The van der Waals surface area contributed by atoms with Crippen molar-refractivity contribution >= 4 is 0 Å². The van der Waals surface area contributed by atoms with E-state index in [4.69, 9.17) is 4.74 Å². The Balaban J connectivity index is 1.66. The van der Waals surface area contributed by atoms with E-state index in [0.29, 0.717) is 18.9 Å². The average molecular weight is 344 g/mol. The highest BCUT2D eigenvalue weighted by Crippen LogP contribution is 2.23. The Kier molecular flexibility index (Phi) is 6.18. The Bertz CT molecular complexity index is 644. The van der Waals surface area contributed by atoms with Crippen molar-refractivity contribution in [1.82, 2.24) is 19.7 Å². The molecule has 1 aliphatic heterocycles. The summed E-state index contributed by atoms with van der Waals surface area (Å²) in [5.41, 5.74) is 0.955. The minimum absolute atomic E-state index is 0.174. The third kappa shape index (κ3) is 4.87. The van der Waals surface area contributed by atoms with Crippen molar-refractivity contribution in [2.45, 2.75) is 45.5 Å². The van der Waals surface area contributed by atoms with Crippen LogP contribution in [-0.2, 0) is 17.8 Å². The van der Waals surface area contributed by atoms with Gasteiger partial charge >= 0.3 is 0 Å². The number of rotatable bonds is 7. The van der Waals surface area contributed by atoms with E-state index >= 15 is 0 Å². The molecule has 0 saturated carbocycles. The molecule has 6 nitrogen and oxygen atoms in total. The van der Waals surface area contributed by atoms with E-state index in [9.17, 15) is 5.11 Å². The van der Waals surface area contributed by atoms with Gasteiger partial charge in [-0.3, -0.25) is 4.90 Å². The van der Waals surface area contributed by atoms with Crippen LogP contribution in [-0.4, -0.2) is 50.6 Å². The van der Waals surface area contributed by atoms with E-state index in [1.807, 2.05) is 35.0 Å². The number of ether oxygens (including phenoxy) is 1. The minimum atomic E-state index is -0.482. The molecule has 2 unspecified atom stereocenters. The van der Waals surface area contributed by atoms with Gasteiger partial charge in [0, 0.05) is 19.1 Å². The maximum Gasteiger partial charge on any atom is 0.141 e. The summed E-state index contributed by atoms with van der Waals surface area (Å²) in [4.78, 5) is 6.80. The van der Waals surface area contributed by atoms with Crippen molar-refractivity contribution in [3.05, 3.63) is 48.0 Å². The maximum atomic E-state index is 10.6. The molecule has 136 valence electrons. The van der Waals surface area contributed by atoms with Crippen LogP contribution < -0.4 is 0 Å². The lowest BCUT2D eigenvalue weighted by Crippen LogP contribution is -2.46. The molecule has 0 amide bonds. The molecule has 0 radical (unpaired) electrons. The first kappa shape index (κ1) is 18.0. The smallest absolute Gasteiger partial charge is 0.141 e. The van der Waals surface area contributed by atoms with Crippen LogP contribution >= 0.6 is 0 Å². The summed E-state index contributed by atoms with van der Waals surface area (Å²) in [5.74, 6) is 1.51. The van der Waals surface area contributed by atoms with Crippen LogP contribution in [0.25, 0.3) is 0 Å². The van der Waals surface area contributed by atoms with Gasteiger partial charge in [-0.1, -0.05) is 44.2 Å². The van der Waals surface area contributed by atoms with Crippen molar-refractivity contribution < 1.29 is 9.84 Å². The second-order valence-corrected chi connectivity index (χ2v) is 7.11. The van der Waals surface area contributed by atoms with Gasteiger partial charge in [0.1, 0.15) is 12.2 Å². The van der Waals surface area contributed by atoms with E-state index in [1.54, 1.807) is 6.33 Å². The highest BCUT2D eigenvalue weighted by molar-refractivity contribution is 5.17. The number of hydrogen-bond acceptors (Lipinski definition) is 5.